The summed E-state index contributed by atoms with van der Waals surface area (Å²) in [7, 11) is 3.07. The number of ether oxygens (including phenoxy) is 2. The summed E-state index contributed by atoms with van der Waals surface area (Å²) in [6.45, 7) is -0.510. The highest BCUT2D eigenvalue weighted by Gasteiger charge is 2.37. The van der Waals surface area contributed by atoms with Crippen molar-refractivity contribution in [1.29, 1.82) is 0 Å². The van der Waals surface area contributed by atoms with Crippen LogP contribution in [0.4, 0.5) is 13.2 Å². The van der Waals surface area contributed by atoms with Crippen LogP contribution in [0.2, 0.25) is 0 Å². The van der Waals surface area contributed by atoms with E-state index in [-0.39, 0.29) is 35.6 Å². The topological polar surface area (TPSA) is 120 Å². The lowest BCUT2D eigenvalue weighted by atomic mass is 10.1. The average Bonchev–Trinajstić information content (AvgIpc) is 3.84. The molecule has 0 radical (unpaired) electrons. The Labute approximate surface area is 270 Å². The van der Waals surface area contributed by atoms with Gasteiger partial charge in [-0.2, -0.15) is 13.2 Å². The van der Waals surface area contributed by atoms with E-state index >= 15 is 0 Å². The van der Waals surface area contributed by atoms with E-state index < -0.39 is 17.4 Å². The summed E-state index contributed by atoms with van der Waals surface area (Å²) >= 11 is 0. The number of hydrogen-bond acceptors (Lipinski definition) is 8. The van der Waals surface area contributed by atoms with Gasteiger partial charge >= 0.3 is 11.9 Å². The van der Waals surface area contributed by atoms with Gasteiger partial charge in [-0.15, -0.1) is 10.2 Å². The molecule has 4 aromatic heterocycles. The predicted molar refractivity (Wildman–Crippen MR) is 168 cm³/mol. The first kappa shape index (κ1) is 30.4. The molecule has 0 saturated carbocycles. The third-order valence-electron chi connectivity index (χ3n) is 7.69. The van der Waals surface area contributed by atoms with Crippen molar-refractivity contribution in [2.45, 2.75) is 19.3 Å². The molecule has 7 rings (SSSR count). The Balaban J connectivity index is 1.36. The molecule has 0 amide bonds. The van der Waals surface area contributed by atoms with Gasteiger partial charge in [-0.1, -0.05) is 52.9 Å². The fourth-order valence-electron chi connectivity index (χ4n) is 5.40. The molecule has 0 unspecified atom stereocenters. The van der Waals surface area contributed by atoms with Crippen molar-refractivity contribution in [1.82, 2.24) is 44.1 Å². The van der Waals surface area contributed by atoms with Crippen molar-refractivity contribution in [2.24, 2.45) is 0 Å². The van der Waals surface area contributed by atoms with Crippen LogP contribution >= 0.6 is 0 Å². The number of aromatic nitrogens is 9. The summed E-state index contributed by atoms with van der Waals surface area (Å²) in [6, 6.07) is 23.6. The van der Waals surface area contributed by atoms with Gasteiger partial charge in [0.25, 0.3) is 0 Å². The molecule has 0 aliphatic heterocycles. The first-order valence-electron chi connectivity index (χ1n) is 14.6. The number of rotatable bonds is 9. The number of fused-ring (bicyclic) bond motifs is 1. The Hall–Kier alpha value is -6.25. The zero-order valence-corrected chi connectivity index (χ0v) is 25.5. The Morgan fingerprint density at radius 3 is 1.81 bits per heavy atom. The van der Waals surface area contributed by atoms with Gasteiger partial charge in [0.1, 0.15) is 28.4 Å². The lowest BCUT2D eigenvalue weighted by Gasteiger charge is -2.12. The molecule has 48 heavy (non-hydrogen) atoms. The fraction of sp³-hybridized carbons (Fsp3) is 0.152. The van der Waals surface area contributed by atoms with E-state index in [1.807, 2.05) is 0 Å². The molecule has 0 atom stereocenters. The molecule has 0 aliphatic rings. The zero-order chi connectivity index (χ0) is 33.4. The van der Waals surface area contributed by atoms with Crippen LogP contribution in [-0.4, -0.2) is 58.3 Å². The van der Waals surface area contributed by atoms with Crippen LogP contribution < -0.4 is 15.2 Å². The van der Waals surface area contributed by atoms with Gasteiger partial charge in [-0.05, 0) is 30.3 Å². The maximum atomic E-state index is 14.8. The van der Waals surface area contributed by atoms with Crippen LogP contribution in [0.1, 0.15) is 17.0 Å². The molecule has 4 heterocycles. The number of benzene rings is 3. The second kappa shape index (κ2) is 12.2. The minimum atomic E-state index is -4.82. The molecule has 7 aromatic rings. The van der Waals surface area contributed by atoms with Gasteiger partial charge in [0, 0.05) is 17.7 Å². The van der Waals surface area contributed by atoms with Crippen LogP contribution in [0.15, 0.2) is 102 Å². The molecular weight excluding hydrogens is 627 g/mol. The van der Waals surface area contributed by atoms with Crippen molar-refractivity contribution >= 4 is 11.2 Å². The monoisotopic (exact) mass is 653 g/mol. The number of nitrogens with zero attached hydrogens (tertiary/aromatic N) is 9. The van der Waals surface area contributed by atoms with E-state index in [4.69, 9.17) is 9.47 Å². The standard InChI is InChI=1S/C33H26F3N9O3/c1-47-26-12-6-10-24(14-26)44-19-22(38-40-44)17-42-30-28(33(34,35)36)16-29(21-8-4-3-5-9-21)37-31(30)43(32(42)46)18-23-20-45(41-39-23)25-11-7-13-27(15-25)48-2/h3-16,19-20H,17-18H2,1-2H3. The molecule has 12 nitrogen and oxygen atoms in total. The maximum Gasteiger partial charge on any atom is 0.418 e. The Bertz CT molecular complexity index is 2310. The number of pyridine rings is 1. The molecule has 0 fully saturated rings. The van der Waals surface area contributed by atoms with E-state index in [9.17, 15) is 18.0 Å². The predicted octanol–water partition coefficient (Wildman–Crippen LogP) is 5.16. The largest absolute Gasteiger partial charge is 0.497 e. The van der Waals surface area contributed by atoms with E-state index in [2.05, 4.69) is 25.6 Å². The zero-order valence-electron chi connectivity index (χ0n) is 25.5. The lowest BCUT2D eigenvalue weighted by molar-refractivity contribution is -0.136. The van der Waals surface area contributed by atoms with Crippen molar-refractivity contribution < 1.29 is 22.6 Å². The summed E-state index contributed by atoms with van der Waals surface area (Å²) in [5.74, 6) is 1.19. The van der Waals surface area contributed by atoms with Gasteiger partial charge in [0.05, 0.1) is 62.3 Å². The number of methoxy groups -OCH3 is 2. The fourth-order valence-corrected chi connectivity index (χ4v) is 5.40. The van der Waals surface area contributed by atoms with E-state index in [1.165, 1.54) is 21.0 Å². The normalized spacial score (nSPS) is 11.7. The third kappa shape index (κ3) is 5.77. The number of hydrogen-bond donors (Lipinski definition) is 0. The van der Waals surface area contributed by atoms with Crippen molar-refractivity contribution in [2.75, 3.05) is 14.2 Å². The minimum absolute atomic E-state index is 0.0605. The first-order valence-corrected chi connectivity index (χ1v) is 14.6. The Morgan fingerprint density at radius 1 is 0.708 bits per heavy atom. The lowest BCUT2D eigenvalue weighted by Crippen LogP contribution is -2.26. The van der Waals surface area contributed by atoms with Crippen LogP contribution in [-0.2, 0) is 19.3 Å². The maximum absolute atomic E-state index is 14.8. The molecule has 242 valence electrons. The van der Waals surface area contributed by atoms with Gasteiger partial charge in [-0.3, -0.25) is 9.13 Å². The van der Waals surface area contributed by atoms with Crippen LogP contribution in [0.3, 0.4) is 0 Å². The average molecular weight is 654 g/mol. The molecule has 15 heteroatoms. The summed E-state index contributed by atoms with van der Waals surface area (Å²) < 4.78 is 60.2. The van der Waals surface area contributed by atoms with Crippen molar-refractivity contribution in [3.63, 3.8) is 0 Å². The molecule has 0 bridgehead atoms. The van der Waals surface area contributed by atoms with E-state index in [0.717, 1.165) is 10.6 Å². The smallest absolute Gasteiger partial charge is 0.418 e. The van der Waals surface area contributed by atoms with Crippen molar-refractivity contribution in [3.05, 3.63) is 125 Å². The van der Waals surface area contributed by atoms with Gasteiger partial charge < -0.3 is 9.47 Å². The molecule has 0 N–H and O–H groups in total. The highest BCUT2D eigenvalue weighted by molar-refractivity contribution is 5.81. The third-order valence-corrected chi connectivity index (χ3v) is 7.69. The van der Waals surface area contributed by atoms with E-state index in [1.54, 1.807) is 98.4 Å². The summed E-state index contributed by atoms with van der Waals surface area (Å²) in [5.41, 5.74) is 0.0624. The van der Waals surface area contributed by atoms with Crippen molar-refractivity contribution in [3.8, 4) is 34.1 Å². The molecule has 3 aromatic carbocycles. The van der Waals surface area contributed by atoms with Gasteiger partial charge in [0.2, 0.25) is 0 Å². The van der Waals surface area contributed by atoms with Gasteiger partial charge in [-0.25, -0.2) is 19.1 Å². The summed E-state index contributed by atoms with van der Waals surface area (Å²) in [5, 5.41) is 16.7. The number of halogens is 3. The summed E-state index contributed by atoms with van der Waals surface area (Å²) in [6.07, 6.45) is -1.68. The van der Waals surface area contributed by atoms with Crippen LogP contribution in [0.25, 0.3) is 33.8 Å². The minimum Gasteiger partial charge on any atom is -0.497 e. The Kier molecular flexibility index (Phi) is 7.71. The highest BCUT2D eigenvalue weighted by Crippen LogP contribution is 2.37. The number of imidazole rings is 1. The first-order chi connectivity index (χ1) is 23.2. The molecule has 0 aliphatic carbocycles. The second-order valence-electron chi connectivity index (χ2n) is 10.8. The highest BCUT2D eigenvalue weighted by atomic mass is 19.4. The summed E-state index contributed by atoms with van der Waals surface area (Å²) in [4.78, 5) is 18.7. The van der Waals surface area contributed by atoms with Crippen LogP contribution in [0, 0.1) is 0 Å². The number of alkyl halides is 3. The van der Waals surface area contributed by atoms with Crippen LogP contribution in [0.5, 0.6) is 11.5 Å². The SMILES string of the molecule is COc1cccc(-n2cc(Cn3c(=O)n(Cc4cn(-c5cccc(OC)c5)nn4)c4c(C(F)(F)F)cc(-c5ccccc5)nc43)nn2)c1. The second-order valence-corrected chi connectivity index (χ2v) is 10.8. The molecule has 0 spiro atoms. The molecule has 0 saturated heterocycles. The van der Waals surface area contributed by atoms with Gasteiger partial charge in [0.15, 0.2) is 5.65 Å². The van der Waals surface area contributed by atoms with E-state index in [0.29, 0.717) is 34.1 Å². The molecular formula is C33H26F3N9O3. The Morgan fingerprint density at radius 2 is 1.27 bits per heavy atom. The quantitative estimate of drug-likeness (QED) is 0.210.